The highest BCUT2D eigenvalue weighted by atomic mass is 16.4. The van der Waals surface area contributed by atoms with Crippen LogP contribution in [0.1, 0.15) is 65.3 Å². The van der Waals surface area contributed by atoms with Gasteiger partial charge in [-0.15, -0.1) is 0 Å². The molecule has 7 heteroatoms. The summed E-state index contributed by atoms with van der Waals surface area (Å²) in [5.74, 6) is -1.42. The van der Waals surface area contributed by atoms with Gasteiger partial charge in [-0.3, -0.25) is 19.4 Å². The number of aromatic nitrogens is 1. The van der Waals surface area contributed by atoms with Crippen LogP contribution in [0.15, 0.2) is 60.9 Å². The van der Waals surface area contributed by atoms with Crippen LogP contribution in [-0.4, -0.2) is 38.8 Å². The first kappa shape index (κ1) is 26.1. The Bertz CT molecular complexity index is 1310. The smallest absolute Gasteiger partial charge is 0.305 e. The third kappa shape index (κ3) is 5.71. The monoisotopic (exact) mass is 499 g/mol. The first-order chi connectivity index (χ1) is 17.7. The molecule has 2 N–H and O–H groups in total. The number of hydrogen-bond donors (Lipinski definition) is 2. The SMILES string of the molecule is Cc1cccc(C)c1-c1cncc([C@H](CC(=O)O)NC(=O)C(CC(C)C)N2Cc3ccccc3C2=O)c1. The quantitative estimate of drug-likeness (QED) is 0.428. The Labute approximate surface area is 217 Å². The second kappa shape index (κ2) is 10.9. The molecule has 3 aromatic rings. The van der Waals surface area contributed by atoms with Crippen molar-refractivity contribution in [2.75, 3.05) is 0 Å². The molecule has 1 aliphatic heterocycles. The van der Waals surface area contributed by atoms with Gasteiger partial charge in [-0.05, 0) is 66.1 Å². The molecule has 0 fully saturated rings. The van der Waals surface area contributed by atoms with Gasteiger partial charge >= 0.3 is 5.97 Å². The first-order valence-corrected chi connectivity index (χ1v) is 12.6. The van der Waals surface area contributed by atoms with Crippen molar-refractivity contribution in [3.05, 3.63) is 88.7 Å². The minimum Gasteiger partial charge on any atom is -0.481 e. The largest absolute Gasteiger partial charge is 0.481 e. The van der Waals surface area contributed by atoms with E-state index in [-0.39, 0.29) is 24.2 Å². The van der Waals surface area contributed by atoms with E-state index in [1.54, 1.807) is 23.4 Å². The number of carbonyl (C=O) groups is 3. The lowest BCUT2D eigenvalue weighted by molar-refractivity contribution is -0.138. The Morgan fingerprint density at radius 2 is 1.76 bits per heavy atom. The molecule has 2 atom stereocenters. The number of benzene rings is 2. The normalized spacial score (nSPS) is 14.4. The number of nitrogens with zero attached hydrogens (tertiary/aromatic N) is 2. The topological polar surface area (TPSA) is 99.6 Å². The van der Waals surface area contributed by atoms with E-state index >= 15 is 0 Å². The number of nitrogens with one attached hydrogen (secondary N) is 1. The number of pyridine rings is 1. The summed E-state index contributed by atoms with van der Waals surface area (Å²) < 4.78 is 0. The molecule has 0 spiro atoms. The van der Waals surface area contributed by atoms with Gasteiger partial charge in [0.2, 0.25) is 5.91 Å². The fourth-order valence-electron chi connectivity index (χ4n) is 5.10. The number of rotatable bonds is 9. The van der Waals surface area contributed by atoms with Gasteiger partial charge < -0.3 is 15.3 Å². The first-order valence-electron chi connectivity index (χ1n) is 12.6. The minimum atomic E-state index is -1.03. The molecule has 0 saturated carbocycles. The highest BCUT2D eigenvalue weighted by molar-refractivity contribution is 6.01. The summed E-state index contributed by atoms with van der Waals surface area (Å²) in [6, 6.07) is 13.8. The van der Waals surface area contributed by atoms with Crippen LogP contribution in [0.5, 0.6) is 0 Å². The van der Waals surface area contributed by atoms with E-state index in [9.17, 15) is 19.5 Å². The fourth-order valence-corrected chi connectivity index (χ4v) is 5.10. The van der Waals surface area contributed by atoms with E-state index in [0.717, 1.165) is 27.8 Å². The second-order valence-corrected chi connectivity index (χ2v) is 10.2. The predicted molar refractivity (Wildman–Crippen MR) is 142 cm³/mol. The Morgan fingerprint density at radius 3 is 2.41 bits per heavy atom. The zero-order chi connectivity index (χ0) is 26.7. The van der Waals surface area contributed by atoms with Crippen LogP contribution in [-0.2, 0) is 16.1 Å². The van der Waals surface area contributed by atoms with Gasteiger partial charge in [0, 0.05) is 30.1 Å². The van der Waals surface area contributed by atoms with Crippen molar-refractivity contribution in [3.63, 3.8) is 0 Å². The van der Waals surface area contributed by atoms with Crippen molar-refractivity contribution in [2.24, 2.45) is 5.92 Å². The zero-order valence-corrected chi connectivity index (χ0v) is 21.7. The molecular formula is C30H33N3O4. The van der Waals surface area contributed by atoms with Gasteiger partial charge in [-0.25, -0.2) is 0 Å². The van der Waals surface area contributed by atoms with Crippen LogP contribution in [0, 0.1) is 19.8 Å². The van der Waals surface area contributed by atoms with Gasteiger partial charge in [0.05, 0.1) is 12.5 Å². The molecule has 1 aliphatic rings. The molecule has 1 aromatic heterocycles. The molecule has 2 amide bonds. The van der Waals surface area contributed by atoms with Crippen molar-refractivity contribution in [1.29, 1.82) is 0 Å². The molecule has 192 valence electrons. The summed E-state index contributed by atoms with van der Waals surface area (Å²) in [5.41, 5.74) is 6.18. The van der Waals surface area contributed by atoms with Gasteiger partial charge in [0.25, 0.3) is 5.91 Å². The summed E-state index contributed by atoms with van der Waals surface area (Å²) in [6.07, 6.45) is 3.51. The summed E-state index contributed by atoms with van der Waals surface area (Å²) in [7, 11) is 0. The zero-order valence-electron chi connectivity index (χ0n) is 21.7. The number of amides is 2. The molecule has 7 nitrogen and oxygen atoms in total. The standard InChI is InChI=1S/C30H33N3O4/c1-18(2)12-26(33-17-21-10-5-6-11-24(21)30(33)37)29(36)32-25(14-27(34)35)22-13-23(16-31-15-22)28-19(3)8-7-9-20(28)4/h5-11,13,15-16,18,25-26H,12,14,17H2,1-4H3,(H,32,36)(H,34,35)/t25-,26?/m0/s1. The number of carboxylic acid groups (broad SMARTS) is 1. The second-order valence-electron chi connectivity index (χ2n) is 10.2. The Kier molecular flexibility index (Phi) is 7.71. The van der Waals surface area contributed by atoms with E-state index < -0.39 is 18.1 Å². The van der Waals surface area contributed by atoms with Crippen LogP contribution in [0.3, 0.4) is 0 Å². The Hall–Kier alpha value is -4.00. The van der Waals surface area contributed by atoms with Gasteiger partial charge in [-0.1, -0.05) is 50.2 Å². The lowest BCUT2D eigenvalue weighted by atomic mass is 9.94. The summed E-state index contributed by atoms with van der Waals surface area (Å²) in [5, 5.41) is 12.6. The maximum Gasteiger partial charge on any atom is 0.305 e. The number of hydrogen-bond acceptors (Lipinski definition) is 4. The predicted octanol–water partition coefficient (Wildman–Crippen LogP) is 5.07. The van der Waals surface area contributed by atoms with E-state index in [1.807, 2.05) is 70.2 Å². The molecular weight excluding hydrogens is 466 g/mol. The summed E-state index contributed by atoms with van der Waals surface area (Å²) in [6.45, 7) is 8.40. The van der Waals surface area contributed by atoms with Crippen LogP contribution >= 0.6 is 0 Å². The van der Waals surface area contributed by atoms with Crippen LogP contribution in [0.2, 0.25) is 0 Å². The van der Waals surface area contributed by atoms with Crippen molar-refractivity contribution in [3.8, 4) is 11.1 Å². The molecule has 2 aromatic carbocycles. The number of aryl methyl sites for hydroxylation is 2. The average molecular weight is 500 g/mol. The number of carbonyl (C=O) groups excluding carboxylic acids is 2. The Balaban J connectivity index is 1.64. The number of carboxylic acids is 1. The molecule has 4 rings (SSSR count). The molecule has 0 radical (unpaired) electrons. The van der Waals surface area contributed by atoms with E-state index in [4.69, 9.17) is 0 Å². The molecule has 0 bridgehead atoms. The Morgan fingerprint density at radius 1 is 1.05 bits per heavy atom. The molecule has 37 heavy (non-hydrogen) atoms. The summed E-state index contributed by atoms with van der Waals surface area (Å²) in [4.78, 5) is 44.6. The van der Waals surface area contributed by atoms with E-state index in [0.29, 0.717) is 24.1 Å². The van der Waals surface area contributed by atoms with Gasteiger partial charge in [0.1, 0.15) is 6.04 Å². The molecule has 0 saturated heterocycles. The van der Waals surface area contributed by atoms with Crippen molar-refractivity contribution >= 4 is 17.8 Å². The minimum absolute atomic E-state index is 0.152. The third-order valence-electron chi connectivity index (χ3n) is 6.85. The van der Waals surface area contributed by atoms with Crippen LogP contribution in [0.25, 0.3) is 11.1 Å². The molecule has 1 unspecified atom stereocenters. The fraction of sp³-hybridized carbons (Fsp3) is 0.333. The van der Waals surface area contributed by atoms with E-state index in [2.05, 4.69) is 10.3 Å². The van der Waals surface area contributed by atoms with Crippen LogP contribution in [0.4, 0.5) is 0 Å². The third-order valence-corrected chi connectivity index (χ3v) is 6.85. The summed E-state index contributed by atoms with van der Waals surface area (Å²) >= 11 is 0. The highest BCUT2D eigenvalue weighted by Gasteiger charge is 2.37. The van der Waals surface area contributed by atoms with Crippen molar-refractivity contribution in [2.45, 2.75) is 59.2 Å². The van der Waals surface area contributed by atoms with E-state index in [1.165, 1.54) is 0 Å². The molecule has 0 aliphatic carbocycles. The number of aliphatic carboxylic acids is 1. The molecule has 2 heterocycles. The van der Waals surface area contributed by atoms with Gasteiger partial charge in [0.15, 0.2) is 0 Å². The highest BCUT2D eigenvalue weighted by Crippen LogP contribution is 2.30. The van der Waals surface area contributed by atoms with Crippen LogP contribution < -0.4 is 5.32 Å². The van der Waals surface area contributed by atoms with Crippen molar-refractivity contribution < 1.29 is 19.5 Å². The van der Waals surface area contributed by atoms with Crippen molar-refractivity contribution in [1.82, 2.24) is 15.2 Å². The maximum absolute atomic E-state index is 13.7. The number of fused-ring (bicyclic) bond motifs is 1. The lowest BCUT2D eigenvalue weighted by Gasteiger charge is -2.30. The lowest BCUT2D eigenvalue weighted by Crippen LogP contribution is -2.48. The van der Waals surface area contributed by atoms with Gasteiger partial charge in [-0.2, -0.15) is 0 Å². The average Bonchev–Trinajstić information content (AvgIpc) is 3.18. The maximum atomic E-state index is 13.7.